The van der Waals surface area contributed by atoms with E-state index in [1.165, 1.54) is 0 Å². The standard InChI is InChI=1S/C12H13BrN2O3/c13-8-1-3-9(4-2-8)15-6-5-14-12(18)10(15)7-11(16)17/h1-4,10H,5-7H2,(H,14,18)(H,16,17). The number of carbonyl (C=O) groups excluding carboxylic acids is 1. The van der Waals surface area contributed by atoms with Gasteiger partial charge >= 0.3 is 5.97 Å². The number of carboxylic acid groups (broad SMARTS) is 1. The molecule has 96 valence electrons. The Morgan fingerprint density at radius 3 is 2.72 bits per heavy atom. The summed E-state index contributed by atoms with van der Waals surface area (Å²) in [5.74, 6) is -1.20. The third kappa shape index (κ3) is 2.81. The Kier molecular flexibility index (Phi) is 3.86. The van der Waals surface area contributed by atoms with Gasteiger partial charge in [0.15, 0.2) is 0 Å². The van der Waals surface area contributed by atoms with Gasteiger partial charge in [-0.25, -0.2) is 0 Å². The minimum Gasteiger partial charge on any atom is -0.481 e. The Balaban J connectivity index is 2.24. The molecule has 0 aliphatic carbocycles. The van der Waals surface area contributed by atoms with Gasteiger partial charge in [0, 0.05) is 23.2 Å². The lowest BCUT2D eigenvalue weighted by Gasteiger charge is -2.36. The van der Waals surface area contributed by atoms with E-state index in [1.807, 2.05) is 29.2 Å². The second-order valence-electron chi connectivity index (χ2n) is 4.07. The molecule has 1 aliphatic rings. The van der Waals surface area contributed by atoms with Crippen LogP contribution in [-0.2, 0) is 9.59 Å². The molecule has 1 heterocycles. The predicted octanol–water partition coefficient (Wildman–Crippen LogP) is 1.23. The Morgan fingerprint density at radius 1 is 1.44 bits per heavy atom. The first-order chi connectivity index (χ1) is 8.58. The summed E-state index contributed by atoms with van der Waals surface area (Å²) in [6, 6.07) is 6.85. The zero-order valence-electron chi connectivity index (χ0n) is 9.60. The number of halogens is 1. The fourth-order valence-electron chi connectivity index (χ4n) is 2.02. The van der Waals surface area contributed by atoms with Crippen LogP contribution in [0.2, 0.25) is 0 Å². The van der Waals surface area contributed by atoms with Crippen LogP contribution in [0.4, 0.5) is 5.69 Å². The number of nitrogens with one attached hydrogen (secondary N) is 1. The van der Waals surface area contributed by atoms with Crippen LogP contribution in [0.25, 0.3) is 0 Å². The Bertz CT molecular complexity index is 461. The number of carboxylic acids is 1. The van der Waals surface area contributed by atoms with Crippen molar-refractivity contribution in [1.82, 2.24) is 5.32 Å². The first-order valence-corrected chi connectivity index (χ1v) is 6.39. The summed E-state index contributed by atoms with van der Waals surface area (Å²) in [6.07, 6.45) is -0.193. The third-order valence-corrected chi connectivity index (χ3v) is 3.39. The van der Waals surface area contributed by atoms with E-state index >= 15 is 0 Å². The van der Waals surface area contributed by atoms with E-state index in [0.29, 0.717) is 13.1 Å². The van der Waals surface area contributed by atoms with Crippen LogP contribution in [0.1, 0.15) is 6.42 Å². The fraction of sp³-hybridized carbons (Fsp3) is 0.333. The highest BCUT2D eigenvalue weighted by Gasteiger charge is 2.31. The largest absolute Gasteiger partial charge is 0.481 e. The lowest BCUT2D eigenvalue weighted by molar-refractivity contribution is -0.139. The number of hydrogen-bond acceptors (Lipinski definition) is 3. The summed E-state index contributed by atoms with van der Waals surface area (Å²) < 4.78 is 0.947. The van der Waals surface area contributed by atoms with Gasteiger partial charge in [-0.05, 0) is 24.3 Å². The summed E-state index contributed by atoms with van der Waals surface area (Å²) >= 11 is 3.34. The molecule has 18 heavy (non-hydrogen) atoms. The van der Waals surface area contributed by atoms with Crippen molar-refractivity contribution in [1.29, 1.82) is 0 Å². The Morgan fingerprint density at radius 2 is 2.11 bits per heavy atom. The lowest BCUT2D eigenvalue weighted by atomic mass is 10.1. The van der Waals surface area contributed by atoms with E-state index in [0.717, 1.165) is 10.2 Å². The lowest BCUT2D eigenvalue weighted by Crippen LogP contribution is -2.56. The molecule has 6 heteroatoms. The quantitative estimate of drug-likeness (QED) is 0.880. The smallest absolute Gasteiger partial charge is 0.305 e. The number of amides is 1. The average molecular weight is 313 g/mol. The molecule has 2 rings (SSSR count). The summed E-state index contributed by atoms with van der Waals surface area (Å²) in [4.78, 5) is 24.4. The van der Waals surface area contributed by atoms with Crippen LogP contribution < -0.4 is 10.2 Å². The molecule has 1 aromatic rings. The molecule has 2 N–H and O–H groups in total. The van der Waals surface area contributed by atoms with Crippen molar-refractivity contribution < 1.29 is 14.7 Å². The molecule has 1 aromatic carbocycles. The van der Waals surface area contributed by atoms with Gasteiger partial charge in [-0.1, -0.05) is 15.9 Å². The van der Waals surface area contributed by atoms with E-state index in [-0.39, 0.29) is 12.3 Å². The van der Waals surface area contributed by atoms with Crippen molar-refractivity contribution in [3.8, 4) is 0 Å². The van der Waals surface area contributed by atoms with Crippen molar-refractivity contribution in [3.63, 3.8) is 0 Å². The number of hydrogen-bond donors (Lipinski definition) is 2. The Hall–Kier alpha value is -1.56. The van der Waals surface area contributed by atoms with E-state index in [4.69, 9.17) is 5.11 Å². The third-order valence-electron chi connectivity index (χ3n) is 2.86. The highest BCUT2D eigenvalue weighted by Crippen LogP contribution is 2.22. The zero-order chi connectivity index (χ0) is 13.1. The minimum atomic E-state index is -0.973. The van der Waals surface area contributed by atoms with Crippen molar-refractivity contribution in [2.75, 3.05) is 18.0 Å². The number of nitrogens with zero attached hydrogens (tertiary/aromatic N) is 1. The number of aliphatic carboxylic acids is 1. The van der Waals surface area contributed by atoms with Crippen LogP contribution >= 0.6 is 15.9 Å². The molecular formula is C12H13BrN2O3. The molecule has 1 unspecified atom stereocenters. The van der Waals surface area contributed by atoms with Crippen molar-refractivity contribution >= 4 is 33.5 Å². The maximum Gasteiger partial charge on any atom is 0.305 e. The van der Waals surface area contributed by atoms with Crippen molar-refractivity contribution in [3.05, 3.63) is 28.7 Å². The molecule has 5 nitrogen and oxygen atoms in total. The Labute approximate surface area is 113 Å². The maximum absolute atomic E-state index is 11.8. The monoisotopic (exact) mass is 312 g/mol. The molecule has 0 bridgehead atoms. The predicted molar refractivity (Wildman–Crippen MR) is 70.5 cm³/mol. The summed E-state index contributed by atoms with van der Waals surface area (Å²) in [5.41, 5.74) is 0.860. The first-order valence-electron chi connectivity index (χ1n) is 5.59. The molecular weight excluding hydrogens is 300 g/mol. The molecule has 1 amide bonds. The number of piperazine rings is 1. The second-order valence-corrected chi connectivity index (χ2v) is 4.99. The van der Waals surface area contributed by atoms with Crippen molar-refractivity contribution in [2.45, 2.75) is 12.5 Å². The van der Waals surface area contributed by atoms with E-state index in [9.17, 15) is 9.59 Å². The summed E-state index contributed by atoms with van der Waals surface area (Å²) in [5, 5.41) is 11.6. The van der Waals surface area contributed by atoms with E-state index < -0.39 is 12.0 Å². The molecule has 0 saturated carbocycles. The molecule has 0 aromatic heterocycles. The second kappa shape index (κ2) is 5.39. The van der Waals surface area contributed by atoms with Gasteiger partial charge in [-0.15, -0.1) is 0 Å². The fourth-order valence-corrected chi connectivity index (χ4v) is 2.29. The van der Waals surface area contributed by atoms with Crippen LogP contribution in [0.5, 0.6) is 0 Å². The van der Waals surface area contributed by atoms with Gasteiger partial charge in [0.25, 0.3) is 0 Å². The molecule has 1 saturated heterocycles. The number of anilines is 1. The van der Waals surface area contributed by atoms with Gasteiger partial charge in [-0.3, -0.25) is 9.59 Å². The molecule has 0 radical (unpaired) electrons. The summed E-state index contributed by atoms with van der Waals surface area (Å²) in [7, 11) is 0. The van der Waals surface area contributed by atoms with Crippen LogP contribution in [0, 0.1) is 0 Å². The summed E-state index contributed by atoms with van der Waals surface area (Å²) in [6.45, 7) is 1.15. The maximum atomic E-state index is 11.8. The van der Waals surface area contributed by atoms with Crippen LogP contribution in [0.3, 0.4) is 0 Å². The van der Waals surface area contributed by atoms with Crippen molar-refractivity contribution in [2.24, 2.45) is 0 Å². The van der Waals surface area contributed by atoms with E-state index in [1.54, 1.807) is 0 Å². The van der Waals surface area contributed by atoms with Gasteiger partial charge in [0.05, 0.1) is 6.42 Å². The number of rotatable bonds is 3. The van der Waals surface area contributed by atoms with Gasteiger partial charge in [-0.2, -0.15) is 0 Å². The molecule has 1 atom stereocenters. The topological polar surface area (TPSA) is 69.6 Å². The number of carbonyl (C=O) groups is 2. The highest BCUT2D eigenvalue weighted by molar-refractivity contribution is 9.10. The van der Waals surface area contributed by atoms with Gasteiger partial charge in [0.1, 0.15) is 6.04 Å². The zero-order valence-corrected chi connectivity index (χ0v) is 11.2. The normalized spacial score (nSPS) is 19.5. The van der Waals surface area contributed by atoms with Crippen LogP contribution in [-0.4, -0.2) is 36.1 Å². The molecule has 0 spiro atoms. The molecule has 1 aliphatic heterocycles. The van der Waals surface area contributed by atoms with Gasteiger partial charge < -0.3 is 15.3 Å². The minimum absolute atomic E-state index is 0.193. The SMILES string of the molecule is O=C(O)CC1C(=O)NCCN1c1ccc(Br)cc1. The first kappa shape index (κ1) is 12.9. The molecule has 1 fully saturated rings. The average Bonchev–Trinajstić information content (AvgIpc) is 2.32. The highest BCUT2D eigenvalue weighted by atomic mass is 79.9. The van der Waals surface area contributed by atoms with Crippen LogP contribution in [0.15, 0.2) is 28.7 Å². The van der Waals surface area contributed by atoms with Gasteiger partial charge in [0.2, 0.25) is 5.91 Å². The van der Waals surface area contributed by atoms with E-state index in [2.05, 4.69) is 21.2 Å². The number of benzene rings is 1.